The molecule has 0 saturated carbocycles. The summed E-state index contributed by atoms with van der Waals surface area (Å²) in [7, 11) is 2.89. The van der Waals surface area contributed by atoms with Gasteiger partial charge in [-0.15, -0.1) is 0 Å². The molecule has 188 valence electrons. The maximum absolute atomic E-state index is 13.1. The quantitative estimate of drug-likeness (QED) is 0.163. The largest absolute Gasteiger partial charge is 0.496 e. The molecule has 0 aromatic heterocycles. The van der Waals surface area contributed by atoms with Crippen LogP contribution in [-0.2, 0) is 14.3 Å². The highest BCUT2D eigenvalue weighted by Gasteiger charge is 2.26. The van der Waals surface area contributed by atoms with Crippen molar-refractivity contribution in [2.24, 2.45) is 10.8 Å². The molecule has 0 spiro atoms. The van der Waals surface area contributed by atoms with Crippen LogP contribution in [0.5, 0.6) is 17.2 Å². The number of esters is 2. The van der Waals surface area contributed by atoms with Crippen LogP contribution in [0.2, 0.25) is 0 Å². The minimum Gasteiger partial charge on any atom is -0.496 e. The van der Waals surface area contributed by atoms with Gasteiger partial charge in [-0.25, -0.2) is 0 Å². The number of methoxy groups -OCH3 is 2. The summed E-state index contributed by atoms with van der Waals surface area (Å²) >= 11 is 0. The van der Waals surface area contributed by atoms with Crippen LogP contribution >= 0.6 is 0 Å². The number of rotatable bonds is 7. The van der Waals surface area contributed by atoms with Gasteiger partial charge in [0, 0.05) is 17.2 Å². The van der Waals surface area contributed by atoms with Crippen LogP contribution in [0.1, 0.15) is 63.0 Å². The van der Waals surface area contributed by atoms with E-state index in [4.69, 9.17) is 18.9 Å². The lowest BCUT2D eigenvalue weighted by molar-refractivity contribution is -0.143. The Morgan fingerprint density at radius 1 is 0.771 bits per heavy atom. The first kappa shape index (κ1) is 27.6. The molecule has 0 N–H and O–H groups in total. The first-order valence-corrected chi connectivity index (χ1v) is 11.2. The molecule has 2 aromatic carbocycles. The zero-order valence-electron chi connectivity index (χ0n) is 21.9. The van der Waals surface area contributed by atoms with Crippen molar-refractivity contribution in [1.82, 2.24) is 0 Å². The fourth-order valence-electron chi connectivity index (χ4n) is 2.78. The second-order valence-electron chi connectivity index (χ2n) is 10.2. The molecule has 7 heteroatoms. The third kappa shape index (κ3) is 7.18. The van der Waals surface area contributed by atoms with Crippen LogP contribution < -0.4 is 14.2 Å². The Morgan fingerprint density at radius 3 is 1.80 bits per heavy atom. The van der Waals surface area contributed by atoms with Gasteiger partial charge in [0.05, 0.1) is 25.0 Å². The molecule has 7 nitrogen and oxygen atoms in total. The fourth-order valence-corrected chi connectivity index (χ4v) is 2.78. The first-order chi connectivity index (χ1) is 16.2. The summed E-state index contributed by atoms with van der Waals surface area (Å²) in [6.45, 7) is 12.4. The second kappa shape index (κ2) is 10.8. The number of allylic oxidation sites excluding steroid dienone is 1. The van der Waals surface area contributed by atoms with E-state index in [-0.39, 0.29) is 23.5 Å². The Labute approximate surface area is 207 Å². The van der Waals surface area contributed by atoms with Gasteiger partial charge in [0.15, 0.2) is 5.76 Å². The van der Waals surface area contributed by atoms with Gasteiger partial charge in [-0.3, -0.25) is 14.4 Å². The summed E-state index contributed by atoms with van der Waals surface area (Å²) in [5.41, 5.74) is 0.344. The van der Waals surface area contributed by atoms with Gasteiger partial charge in [0.1, 0.15) is 17.2 Å². The van der Waals surface area contributed by atoms with Gasteiger partial charge in [-0.2, -0.15) is 0 Å². The molecule has 0 aliphatic heterocycles. The van der Waals surface area contributed by atoms with E-state index in [1.807, 2.05) is 0 Å². The number of Topliss-reactive ketones (excluding diaryl/α,β-unsaturated/α-hetero) is 1. The molecule has 0 bridgehead atoms. The van der Waals surface area contributed by atoms with Crippen molar-refractivity contribution in [2.45, 2.75) is 48.5 Å². The summed E-state index contributed by atoms with van der Waals surface area (Å²) < 4.78 is 21.7. The summed E-state index contributed by atoms with van der Waals surface area (Å²) in [4.78, 5) is 37.4. The maximum Gasteiger partial charge on any atom is 0.316 e. The fraction of sp³-hybridized carbons (Fsp3) is 0.393. The van der Waals surface area contributed by atoms with Crippen molar-refractivity contribution >= 4 is 23.8 Å². The van der Waals surface area contributed by atoms with Gasteiger partial charge in [0.2, 0.25) is 5.78 Å². The lowest BCUT2D eigenvalue weighted by Crippen LogP contribution is -2.25. The normalized spacial score (nSPS) is 12.1. The Hall–Kier alpha value is -3.61. The number of benzene rings is 2. The van der Waals surface area contributed by atoms with Crippen molar-refractivity contribution in [2.75, 3.05) is 14.2 Å². The van der Waals surface area contributed by atoms with Gasteiger partial charge >= 0.3 is 11.9 Å². The highest BCUT2D eigenvalue weighted by atomic mass is 16.5. The van der Waals surface area contributed by atoms with E-state index in [2.05, 4.69) is 0 Å². The highest BCUT2D eigenvalue weighted by molar-refractivity contribution is 6.10. The molecule has 0 aliphatic rings. The van der Waals surface area contributed by atoms with Crippen LogP contribution in [0.15, 0.2) is 42.2 Å². The molecule has 0 radical (unpaired) electrons. The smallest absolute Gasteiger partial charge is 0.316 e. The number of carbonyl (C=O) groups is 3. The lowest BCUT2D eigenvalue weighted by Gasteiger charge is -2.18. The van der Waals surface area contributed by atoms with Crippen molar-refractivity contribution < 1.29 is 33.3 Å². The predicted molar refractivity (Wildman–Crippen MR) is 134 cm³/mol. The molecule has 0 atom stereocenters. The van der Waals surface area contributed by atoms with Gasteiger partial charge in [0.25, 0.3) is 0 Å². The third-order valence-corrected chi connectivity index (χ3v) is 5.01. The average molecular weight is 483 g/mol. The Bertz CT molecular complexity index is 1130. The SMILES string of the molecule is COC(=Cc1cc(C)c(OC(=O)C(C)(C)C)cc1OC)C(=O)c1ccc(OC(=O)C(C)(C)C)cc1. The zero-order chi connectivity index (χ0) is 26.6. The van der Waals surface area contributed by atoms with Gasteiger partial charge in [-0.05, 0) is 90.4 Å². The molecule has 35 heavy (non-hydrogen) atoms. The Morgan fingerprint density at radius 2 is 1.31 bits per heavy atom. The van der Waals surface area contributed by atoms with E-state index in [9.17, 15) is 14.4 Å². The maximum atomic E-state index is 13.1. The van der Waals surface area contributed by atoms with Crippen LogP contribution in [0.4, 0.5) is 0 Å². The topological polar surface area (TPSA) is 88.1 Å². The number of ether oxygens (including phenoxy) is 4. The zero-order valence-corrected chi connectivity index (χ0v) is 21.9. The molecule has 0 amide bonds. The van der Waals surface area contributed by atoms with E-state index < -0.39 is 10.8 Å². The molecule has 0 unspecified atom stereocenters. The number of hydrogen-bond donors (Lipinski definition) is 0. The van der Waals surface area contributed by atoms with E-state index in [1.165, 1.54) is 14.2 Å². The number of aryl methyl sites for hydroxylation is 1. The minimum absolute atomic E-state index is 0.0848. The molecule has 0 saturated heterocycles. The van der Waals surface area contributed by atoms with Crippen LogP contribution in [0, 0.1) is 17.8 Å². The molecule has 2 rings (SSSR count). The summed E-state index contributed by atoms with van der Waals surface area (Å²) in [5.74, 6) is 0.139. The molecule has 0 fully saturated rings. The van der Waals surface area contributed by atoms with Crippen molar-refractivity contribution in [3.8, 4) is 17.2 Å². The lowest BCUT2D eigenvalue weighted by atomic mass is 9.97. The van der Waals surface area contributed by atoms with Gasteiger partial charge in [-0.1, -0.05) is 0 Å². The average Bonchev–Trinajstić information content (AvgIpc) is 2.77. The van der Waals surface area contributed by atoms with Crippen LogP contribution in [0.3, 0.4) is 0 Å². The van der Waals surface area contributed by atoms with Crippen molar-refractivity contribution in [3.05, 3.63) is 58.8 Å². The standard InChI is InChI=1S/C28H34O7/c1-17-14-19(22(32-8)16-21(17)35-26(31)28(5,6)7)15-23(33-9)24(29)18-10-12-20(13-11-18)34-25(30)27(2,3)4/h10-16H,1-9H3. The number of hydrogen-bond acceptors (Lipinski definition) is 7. The Balaban J connectivity index is 2.32. The second-order valence-corrected chi connectivity index (χ2v) is 10.2. The molecule has 2 aromatic rings. The molecule has 0 heterocycles. The van der Waals surface area contributed by atoms with Crippen molar-refractivity contribution in [1.29, 1.82) is 0 Å². The van der Waals surface area contributed by atoms with Crippen molar-refractivity contribution in [3.63, 3.8) is 0 Å². The Kier molecular flexibility index (Phi) is 8.50. The molecular weight excluding hydrogens is 448 g/mol. The summed E-state index contributed by atoms with van der Waals surface area (Å²) in [6.07, 6.45) is 1.57. The number of ketones is 1. The monoisotopic (exact) mass is 482 g/mol. The van der Waals surface area contributed by atoms with Crippen LogP contribution in [0.25, 0.3) is 6.08 Å². The van der Waals surface area contributed by atoms with E-state index in [1.54, 1.807) is 90.9 Å². The first-order valence-electron chi connectivity index (χ1n) is 11.2. The third-order valence-electron chi connectivity index (χ3n) is 5.01. The van der Waals surface area contributed by atoms with Crippen LogP contribution in [-0.4, -0.2) is 31.9 Å². The molecule has 0 aliphatic carbocycles. The van der Waals surface area contributed by atoms with E-state index in [0.29, 0.717) is 33.9 Å². The summed E-state index contributed by atoms with van der Waals surface area (Å²) in [6, 6.07) is 9.63. The van der Waals surface area contributed by atoms with Gasteiger partial charge < -0.3 is 18.9 Å². The summed E-state index contributed by atoms with van der Waals surface area (Å²) in [5, 5.41) is 0. The highest BCUT2D eigenvalue weighted by Crippen LogP contribution is 2.32. The molecular formula is C28H34O7. The number of carbonyl (C=O) groups excluding carboxylic acids is 3. The van der Waals surface area contributed by atoms with E-state index >= 15 is 0 Å². The van der Waals surface area contributed by atoms with E-state index in [0.717, 1.165) is 0 Å². The predicted octanol–water partition coefficient (Wildman–Crippen LogP) is 5.78. The minimum atomic E-state index is -0.658.